The van der Waals surface area contributed by atoms with Crippen molar-refractivity contribution in [3.63, 3.8) is 0 Å². The van der Waals surface area contributed by atoms with Crippen molar-refractivity contribution < 1.29 is 14.4 Å². The van der Waals surface area contributed by atoms with Gasteiger partial charge in [0.1, 0.15) is 17.3 Å². The van der Waals surface area contributed by atoms with Crippen molar-refractivity contribution in [2.75, 3.05) is 31.2 Å². The lowest BCUT2D eigenvalue weighted by Gasteiger charge is -2.29. The maximum absolute atomic E-state index is 12.0. The minimum absolute atomic E-state index is 0.0311. The van der Waals surface area contributed by atoms with Gasteiger partial charge in [0.25, 0.3) is 5.69 Å². The summed E-state index contributed by atoms with van der Waals surface area (Å²) in [5.41, 5.74) is 9.50. The number of nitro groups is 1. The number of allylic oxidation sites excluding steroid dienone is 1. The highest BCUT2D eigenvalue weighted by molar-refractivity contribution is 5.67. The van der Waals surface area contributed by atoms with Crippen LogP contribution in [0.15, 0.2) is 60.0 Å². The first-order valence-corrected chi connectivity index (χ1v) is 10.8. The quantitative estimate of drug-likeness (QED) is 0.466. The fraction of sp³-hybridized carbons (Fsp3) is 0.250. The summed E-state index contributed by atoms with van der Waals surface area (Å²) in [4.78, 5) is 13.6. The number of ether oxygens (including phenoxy) is 2. The molecule has 1 aromatic heterocycles. The zero-order valence-corrected chi connectivity index (χ0v) is 18.5. The molecule has 1 saturated heterocycles. The van der Waals surface area contributed by atoms with Crippen molar-refractivity contribution in [3.8, 4) is 17.6 Å². The van der Waals surface area contributed by atoms with E-state index >= 15 is 0 Å². The average molecular weight is 458 g/mol. The van der Waals surface area contributed by atoms with E-state index in [2.05, 4.69) is 11.2 Å². The second-order valence-corrected chi connectivity index (χ2v) is 8.08. The smallest absolute Gasteiger partial charge is 0.292 e. The number of rotatable bonds is 4. The van der Waals surface area contributed by atoms with Gasteiger partial charge in [0.05, 0.1) is 41.0 Å². The fourth-order valence-electron chi connectivity index (χ4n) is 4.53. The number of aromatic nitrogens is 2. The molecule has 2 aliphatic heterocycles. The Morgan fingerprint density at radius 2 is 1.94 bits per heavy atom. The van der Waals surface area contributed by atoms with Crippen LogP contribution in [0.4, 0.5) is 11.4 Å². The van der Waals surface area contributed by atoms with E-state index in [1.165, 1.54) is 6.07 Å². The number of aryl methyl sites for hydroxylation is 1. The van der Waals surface area contributed by atoms with Crippen LogP contribution in [0.1, 0.15) is 22.7 Å². The Morgan fingerprint density at radius 3 is 2.62 bits per heavy atom. The maximum atomic E-state index is 12.0. The monoisotopic (exact) mass is 458 g/mol. The lowest BCUT2D eigenvalue weighted by molar-refractivity contribution is -0.384. The average Bonchev–Trinajstić information content (AvgIpc) is 3.19. The van der Waals surface area contributed by atoms with Gasteiger partial charge in [-0.25, -0.2) is 4.68 Å². The summed E-state index contributed by atoms with van der Waals surface area (Å²) in [6, 6.07) is 16.6. The van der Waals surface area contributed by atoms with Gasteiger partial charge in [0, 0.05) is 19.2 Å². The van der Waals surface area contributed by atoms with Crippen LogP contribution in [0.5, 0.6) is 5.88 Å². The van der Waals surface area contributed by atoms with Crippen LogP contribution in [0, 0.1) is 28.4 Å². The third kappa shape index (κ3) is 3.52. The molecule has 0 bridgehead atoms. The molecule has 0 aliphatic carbocycles. The molecule has 2 aromatic carbocycles. The van der Waals surface area contributed by atoms with Crippen molar-refractivity contribution >= 4 is 11.4 Å². The Kier molecular flexibility index (Phi) is 5.39. The third-order valence-corrected chi connectivity index (χ3v) is 6.11. The molecule has 0 spiro atoms. The van der Waals surface area contributed by atoms with Gasteiger partial charge in [-0.05, 0) is 30.7 Å². The first-order valence-electron chi connectivity index (χ1n) is 10.8. The van der Waals surface area contributed by atoms with E-state index in [-0.39, 0.29) is 17.1 Å². The normalized spacial score (nSPS) is 17.6. The molecule has 10 heteroatoms. The molecule has 172 valence electrons. The lowest BCUT2D eigenvalue weighted by Crippen LogP contribution is -2.36. The van der Waals surface area contributed by atoms with Crippen molar-refractivity contribution in [3.05, 3.63) is 86.9 Å². The summed E-state index contributed by atoms with van der Waals surface area (Å²) >= 11 is 0. The summed E-state index contributed by atoms with van der Waals surface area (Å²) in [6.45, 7) is 3.99. The second kappa shape index (κ2) is 8.53. The van der Waals surface area contributed by atoms with Crippen molar-refractivity contribution in [1.29, 1.82) is 5.26 Å². The molecule has 2 aliphatic rings. The van der Waals surface area contributed by atoms with E-state index in [1.54, 1.807) is 10.7 Å². The maximum Gasteiger partial charge on any atom is 0.292 e. The molecule has 0 radical (unpaired) electrons. The zero-order valence-electron chi connectivity index (χ0n) is 18.5. The van der Waals surface area contributed by atoms with Crippen LogP contribution in [-0.4, -0.2) is 41.0 Å². The van der Waals surface area contributed by atoms with E-state index in [0.29, 0.717) is 54.7 Å². The molecule has 1 atom stereocenters. The summed E-state index contributed by atoms with van der Waals surface area (Å²) in [6.07, 6.45) is 0. The van der Waals surface area contributed by atoms with Crippen molar-refractivity contribution in [2.45, 2.75) is 12.8 Å². The molecule has 5 rings (SSSR count). The highest BCUT2D eigenvalue weighted by atomic mass is 16.6. The largest absolute Gasteiger partial charge is 0.422 e. The number of hydrogen-bond acceptors (Lipinski definition) is 8. The zero-order chi connectivity index (χ0) is 23.8. The minimum Gasteiger partial charge on any atom is -0.422 e. The SMILES string of the molecule is Cc1nn(-c2ccccc2)c2c1C(c1ccc(N3CCOCC3)c([N+](=O)[O-])c1)C(C#N)=C(N)O2. The number of nitriles is 1. The van der Waals surface area contributed by atoms with Gasteiger partial charge in [-0.15, -0.1) is 0 Å². The van der Waals surface area contributed by atoms with Crippen LogP contribution in [0.25, 0.3) is 5.69 Å². The Labute approximate surface area is 195 Å². The van der Waals surface area contributed by atoms with Crippen LogP contribution >= 0.6 is 0 Å². The van der Waals surface area contributed by atoms with Crippen LogP contribution < -0.4 is 15.4 Å². The number of morpholine rings is 1. The predicted molar refractivity (Wildman–Crippen MR) is 124 cm³/mol. The number of nitrogens with two attached hydrogens (primary N) is 1. The van der Waals surface area contributed by atoms with Crippen molar-refractivity contribution in [2.24, 2.45) is 5.73 Å². The molecule has 0 amide bonds. The van der Waals surface area contributed by atoms with Gasteiger partial charge >= 0.3 is 0 Å². The molecule has 34 heavy (non-hydrogen) atoms. The van der Waals surface area contributed by atoms with Gasteiger partial charge in [-0.3, -0.25) is 10.1 Å². The minimum atomic E-state index is -0.649. The van der Waals surface area contributed by atoms with E-state index in [1.807, 2.05) is 48.2 Å². The van der Waals surface area contributed by atoms with E-state index in [9.17, 15) is 15.4 Å². The molecular formula is C24H22N6O4. The van der Waals surface area contributed by atoms with Crippen molar-refractivity contribution in [1.82, 2.24) is 9.78 Å². The van der Waals surface area contributed by atoms with Gasteiger partial charge in [-0.1, -0.05) is 24.3 Å². The third-order valence-electron chi connectivity index (χ3n) is 6.11. The first-order chi connectivity index (χ1) is 16.5. The van der Waals surface area contributed by atoms with Crippen LogP contribution in [0.2, 0.25) is 0 Å². The Hall–Kier alpha value is -4.36. The second-order valence-electron chi connectivity index (χ2n) is 8.08. The molecule has 3 heterocycles. The summed E-state index contributed by atoms with van der Waals surface area (Å²) in [5.74, 6) is -0.300. The Bertz CT molecular complexity index is 1340. The highest BCUT2D eigenvalue weighted by Gasteiger charge is 2.37. The highest BCUT2D eigenvalue weighted by Crippen LogP contribution is 2.46. The van der Waals surface area contributed by atoms with Crippen LogP contribution in [0.3, 0.4) is 0 Å². The summed E-state index contributed by atoms with van der Waals surface area (Å²) in [5, 5.41) is 26.6. The molecule has 3 aromatic rings. The fourth-order valence-corrected chi connectivity index (χ4v) is 4.53. The number of para-hydroxylation sites is 1. The van der Waals surface area contributed by atoms with E-state index in [0.717, 1.165) is 5.69 Å². The first kappa shape index (κ1) is 21.5. The van der Waals surface area contributed by atoms with Gasteiger partial charge in [-0.2, -0.15) is 10.4 Å². The molecular weight excluding hydrogens is 436 g/mol. The topological polar surface area (TPSA) is 132 Å². The van der Waals surface area contributed by atoms with Gasteiger partial charge < -0.3 is 20.1 Å². The number of fused-ring (bicyclic) bond motifs is 1. The summed E-state index contributed by atoms with van der Waals surface area (Å²) in [7, 11) is 0. The molecule has 2 N–H and O–H groups in total. The predicted octanol–water partition coefficient (Wildman–Crippen LogP) is 3.14. The molecule has 1 unspecified atom stereocenters. The number of hydrogen-bond donors (Lipinski definition) is 1. The van der Waals surface area contributed by atoms with Gasteiger partial charge in [0.15, 0.2) is 0 Å². The van der Waals surface area contributed by atoms with E-state index < -0.39 is 10.8 Å². The summed E-state index contributed by atoms with van der Waals surface area (Å²) < 4.78 is 12.9. The molecule has 10 nitrogen and oxygen atoms in total. The standard InChI is InChI=1S/C24H22N6O4/c1-15-21-22(16-7-8-19(20(13-16)30(31)32)28-9-11-33-12-10-28)18(14-25)23(26)34-24(21)29(27-15)17-5-3-2-4-6-17/h2-8,13,22H,9-12,26H2,1H3. The van der Waals surface area contributed by atoms with E-state index in [4.69, 9.17) is 15.2 Å². The molecule has 0 saturated carbocycles. The number of anilines is 1. The van der Waals surface area contributed by atoms with Crippen LogP contribution in [-0.2, 0) is 4.74 Å². The molecule has 1 fully saturated rings. The Morgan fingerprint density at radius 1 is 1.21 bits per heavy atom. The van der Waals surface area contributed by atoms with Gasteiger partial charge in [0.2, 0.25) is 11.8 Å². The number of nitro benzene ring substituents is 1. The number of nitrogens with zero attached hydrogens (tertiary/aromatic N) is 5. The lowest BCUT2D eigenvalue weighted by atomic mass is 9.84. The Balaban J connectivity index is 1.67. The number of benzene rings is 2.